The fourth-order valence-electron chi connectivity index (χ4n) is 1.84. The van der Waals surface area contributed by atoms with Crippen LogP contribution in [-0.2, 0) is 0 Å². The van der Waals surface area contributed by atoms with Gasteiger partial charge in [0.25, 0.3) is 0 Å². The Morgan fingerprint density at radius 3 is 2.71 bits per heavy atom. The zero-order valence-corrected chi connectivity index (χ0v) is 11.5. The van der Waals surface area contributed by atoms with Crippen molar-refractivity contribution >= 4 is 11.6 Å². The number of ether oxygens (including phenoxy) is 1. The molecule has 3 aromatic rings. The number of nitrogens with one attached hydrogen (secondary N) is 1. The molecule has 1 N–H and O–H groups in total. The molecule has 1 aromatic carbocycles. The van der Waals surface area contributed by atoms with E-state index in [1.807, 2.05) is 6.07 Å². The molecule has 102 valence electrons. The van der Waals surface area contributed by atoms with E-state index in [2.05, 4.69) is 21.3 Å². The predicted octanol–water partition coefficient (Wildman–Crippen LogP) is 3.79. The highest BCUT2D eigenvalue weighted by molar-refractivity contribution is 6.29. The van der Waals surface area contributed by atoms with Crippen molar-refractivity contribution in [3.05, 3.63) is 59.5 Å². The zero-order chi connectivity index (χ0) is 14.7. The van der Waals surface area contributed by atoms with Crippen LogP contribution in [0.5, 0.6) is 11.5 Å². The molecule has 0 aliphatic carbocycles. The average molecular weight is 297 g/mol. The number of aromatic amines is 1. The molecule has 0 aliphatic heterocycles. The fourth-order valence-corrected chi connectivity index (χ4v) is 2.02. The molecule has 0 saturated carbocycles. The second kappa shape index (κ2) is 5.65. The molecule has 0 spiro atoms. The van der Waals surface area contributed by atoms with E-state index < -0.39 is 0 Å². The van der Waals surface area contributed by atoms with Gasteiger partial charge in [-0.2, -0.15) is 10.4 Å². The van der Waals surface area contributed by atoms with Crippen molar-refractivity contribution in [1.82, 2.24) is 15.2 Å². The molecule has 0 aliphatic rings. The van der Waals surface area contributed by atoms with E-state index >= 15 is 0 Å². The number of H-pyrrole nitrogens is 1. The Bertz CT molecular complexity index is 805. The van der Waals surface area contributed by atoms with Crippen molar-refractivity contribution in [3.8, 4) is 28.8 Å². The van der Waals surface area contributed by atoms with Gasteiger partial charge in [0.05, 0.1) is 17.8 Å². The van der Waals surface area contributed by atoms with Crippen molar-refractivity contribution in [2.45, 2.75) is 0 Å². The van der Waals surface area contributed by atoms with Crippen molar-refractivity contribution in [2.24, 2.45) is 0 Å². The summed E-state index contributed by atoms with van der Waals surface area (Å²) in [4.78, 5) is 3.94. The van der Waals surface area contributed by atoms with Crippen LogP contribution < -0.4 is 4.74 Å². The smallest absolute Gasteiger partial charge is 0.172 e. The lowest BCUT2D eigenvalue weighted by Crippen LogP contribution is -1.87. The Morgan fingerprint density at radius 1 is 1.19 bits per heavy atom. The van der Waals surface area contributed by atoms with Gasteiger partial charge in [-0.15, -0.1) is 0 Å². The summed E-state index contributed by atoms with van der Waals surface area (Å²) >= 11 is 5.89. The van der Waals surface area contributed by atoms with E-state index in [1.54, 1.807) is 42.7 Å². The first kappa shape index (κ1) is 13.2. The highest BCUT2D eigenvalue weighted by Gasteiger charge is 2.10. The Kier molecular flexibility index (Phi) is 3.54. The van der Waals surface area contributed by atoms with Crippen LogP contribution in [0.2, 0.25) is 5.15 Å². The molecule has 3 rings (SSSR count). The first-order valence-corrected chi connectivity index (χ1v) is 6.47. The highest BCUT2D eigenvalue weighted by Crippen LogP contribution is 2.31. The van der Waals surface area contributed by atoms with Gasteiger partial charge in [0.1, 0.15) is 16.6 Å². The summed E-state index contributed by atoms with van der Waals surface area (Å²) in [5.74, 6) is 1.19. The first-order chi connectivity index (χ1) is 10.3. The molecular formula is C15H9ClN4O. The lowest BCUT2D eigenvalue weighted by molar-refractivity contribution is 0.484. The van der Waals surface area contributed by atoms with Crippen molar-refractivity contribution < 1.29 is 4.74 Å². The van der Waals surface area contributed by atoms with Gasteiger partial charge < -0.3 is 4.74 Å². The van der Waals surface area contributed by atoms with Gasteiger partial charge in [-0.1, -0.05) is 11.6 Å². The van der Waals surface area contributed by atoms with Crippen molar-refractivity contribution in [1.29, 1.82) is 5.26 Å². The number of hydrogen-bond donors (Lipinski definition) is 1. The molecule has 6 heteroatoms. The molecule has 0 bridgehead atoms. The summed E-state index contributed by atoms with van der Waals surface area (Å²) < 4.78 is 5.78. The third-order valence-electron chi connectivity index (χ3n) is 2.83. The van der Waals surface area contributed by atoms with E-state index in [-0.39, 0.29) is 0 Å². The Morgan fingerprint density at radius 2 is 2.00 bits per heavy atom. The number of nitrogens with zero attached hydrogens (tertiary/aromatic N) is 3. The lowest BCUT2D eigenvalue weighted by Gasteiger charge is -2.06. The molecule has 2 heterocycles. The van der Waals surface area contributed by atoms with Crippen LogP contribution in [0, 0.1) is 11.3 Å². The van der Waals surface area contributed by atoms with Gasteiger partial charge in [0.15, 0.2) is 5.75 Å². The third-order valence-corrected chi connectivity index (χ3v) is 3.04. The van der Waals surface area contributed by atoms with E-state index in [4.69, 9.17) is 21.6 Å². The van der Waals surface area contributed by atoms with Gasteiger partial charge in [0, 0.05) is 11.8 Å². The minimum absolute atomic E-state index is 0.395. The number of hydrogen-bond acceptors (Lipinski definition) is 4. The van der Waals surface area contributed by atoms with Crippen LogP contribution in [0.1, 0.15) is 5.56 Å². The Hall–Kier alpha value is -2.84. The lowest BCUT2D eigenvalue weighted by atomic mass is 10.2. The summed E-state index contributed by atoms with van der Waals surface area (Å²) in [5.41, 5.74) is 2.12. The fraction of sp³-hybridized carbons (Fsp3) is 0. The number of aromatic nitrogens is 3. The monoisotopic (exact) mass is 296 g/mol. The van der Waals surface area contributed by atoms with Gasteiger partial charge >= 0.3 is 0 Å². The van der Waals surface area contributed by atoms with E-state index in [0.717, 1.165) is 5.56 Å². The maximum atomic E-state index is 8.78. The van der Waals surface area contributed by atoms with Crippen LogP contribution in [-0.4, -0.2) is 15.2 Å². The average Bonchev–Trinajstić information content (AvgIpc) is 2.96. The largest absolute Gasteiger partial charge is 0.453 e. The van der Waals surface area contributed by atoms with Crippen LogP contribution in [0.3, 0.4) is 0 Å². The molecular weight excluding hydrogens is 288 g/mol. The quantitative estimate of drug-likeness (QED) is 0.746. The molecule has 2 aromatic heterocycles. The molecule has 5 nitrogen and oxygen atoms in total. The van der Waals surface area contributed by atoms with E-state index in [0.29, 0.717) is 27.9 Å². The number of nitriles is 1. The van der Waals surface area contributed by atoms with Crippen LogP contribution in [0.25, 0.3) is 11.3 Å². The number of benzene rings is 1. The summed E-state index contributed by atoms with van der Waals surface area (Å²) in [5, 5.41) is 16.0. The predicted molar refractivity (Wildman–Crippen MR) is 78.1 cm³/mol. The van der Waals surface area contributed by atoms with Gasteiger partial charge in [0.2, 0.25) is 0 Å². The third kappa shape index (κ3) is 2.86. The summed E-state index contributed by atoms with van der Waals surface area (Å²) in [6.07, 6.45) is 3.20. The number of rotatable bonds is 3. The molecule has 0 amide bonds. The van der Waals surface area contributed by atoms with Crippen LogP contribution >= 0.6 is 11.6 Å². The topological polar surface area (TPSA) is 74.6 Å². The maximum Gasteiger partial charge on any atom is 0.172 e. The standard InChI is InChI=1S/C15H9ClN4O/c16-14-7-11(5-6-18-14)15-13(9-19-20-15)21-12-3-1-10(8-17)2-4-12/h1-7,9H,(H,19,20). The number of halogens is 1. The normalized spacial score (nSPS) is 10.1. The minimum Gasteiger partial charge on any atom is -0.453 e. The van der Waals surface area contributed by atoms with E-state index in [1.165, 1.54) is 0 Å². The molecule has 21 heavy (non-hydrogen) atoms. The van der Waals surface area contributed by atoms with E-state index in [9.17, 15) is 0 Å². The summed E-state index contributed by atoms with van der Waals surface area (Å²) in [7, 11) is 0. The second-order valence-electron chi connectivity index (χ2n) is 4.21. The van der Waals surface area contributed by atoms with Gasteiger partial charge in [-0.05, 0) is 36.4 Å². The highest BCUT2D eigenvalue weighted by atomic mass is 35.5. The summed E-state index contributed by atoms with van der Waals surface area (Å²) in [6.45, 7) is 0. The zero-order valence-electron chi connectivity index (χ0n) is 10.7. The van der Waals surface area contributed by atoms with Crippen LogP contribution in [0.15, 0.2) is 48.8 Å². The van der Waals surface area contributed by atoms with Gasteiger partial charge in [-0.25, -0.2) is 4.98 Å². The summed E-state index contributed by atoms with van der Waals surface area (Å²) in [6, 6.07) is 12.4. The minimum atomic E-state index is 0.395. The van der Waals surface area contributed by atoms with Gasteiger partial charge in [-0.3, -0.25) is 5.10 Å². The SMILES string of the molecule is N#Cc1ccc(Oc2cn[nH]c2-c2ccnc(Cl)c2)cc1. The molecule has 0 atom stereocenters. The maximum absolute atomic E-state index is 8.78. The first-order valence-electron chi connectivity index (χ1n) is 6.09. The Labute approximate surface area is 125 Å². The Balaban J connectivity index is 1.90. The van der Waals surface area contributed by atoms with Crippen LogP contribution in [0.4, 0.5) is 0 Å². The number of pyridine rings is 1. The molecule has 0 fully saturated rings. The molecule has 0 unspecified atom stereocenters. The van der Waals surface area contributed by atoms with Crippen molar-refractivity contribution in [3.63, 3.8) is 0 Å². The van der Waals surface area contributed by atoms with Crippen molar-refractivity contribution in [2.75, 3.05) is 0 Å². The second-order valence-corrected chi connectivity index (χ2v) is 4.60. The molecule has 0 saturated heterocycles. The molecule has 0 radical (unpaired) electrons.